The van der Waals surface area contributed by atoms with Crippen molar-refractivity contribution in [2.24, 2.45) is 12.0 Å². The fourth-order valence-corrected chi connectivity index (χ4v) is 4.07. The molecule has 0 radical (unpaired) electrons. The molecule has 0 amide bonds. The summed E-state index contributed by atoms with van der Waals surface area (Å²) in [6, 6.07) is 0.260. The number of imidazole rings is 1. The summed E-state index contributed by atoms with van der Waals surface area (Å²) in [5.41, 5.74) is -3.04. The molecule has 11 heteroatoms. The minimum Gasteiger partial charge on any atom is -0.374 e. The van der Waals surface area contributed by atoms with E-state index in [0.717, 1.165) is 19.3 Å². The summed E-state index contributed by atoms with van der Waals surface area (Å²) < 4.78 is 41.8. The second-order valence-corrected chi connectivity index (χ2v) is 7.88. The normalized spacial score (nSPS) is 22.5. The van der Waals surface area contributed by atoms with Crippen molar-refractivity contribution in [2.45, 2.75) is 55.7 Å². The Balaban J connectivity index is 0.00000392. The molecule has 1 aromatic rings. The number of rotatable bonds is 7. The molecule has 0 aromatic carbocycles. The van der Waals surface area contributed by atoms with Gasteiger partial charge in [-0.15, -0.1) is 24.0 Å². The van der Waals surface area contributed by atoms with Crippen molar-refractivity contribution in [3.05, 3.63) is 18.2 Å². The Morgan fingerprint density at radius 2 is 2.14 bits per heavy atom. The molecule has 0 bridgehead atoms. The van der Waals surface area contributed by atoms with Crippen LogP contribution >= 0.6 is 35.7 Å². The number of hydrogen-bond acceptors (Lipinski definition) is 4. The molecule has 0 aliphatic heterocycles. The maximum absolute atomic E-state index is 13.5. The Labute approximate surface area is 185 Å². The zero-order valence-corrected chi connectivity index (χ0v) is 19.4. The van der Waals surface area contributed by atoms with Gasteiger partial charge in [0.1, 0.15) is 5.82 Å². The molecule has 1 aromatic heterocycles. The van der Waals surface area contributed by atoms with Crippen molar-refractivity contribution < 1.29 is 18.3 Å². The standard InChI is InChI=1S/C17H28F3N5OS.HI/c1-4-21-15(24-12-5-6-13(11-12)27-3)23-8-7-16(26,17(18,19)20)14-22-9-10-25(14)2;/h9-10,12-13,26H,4-8,11H2,1-3H3,(H2,21,23,24);1H. The third-order valence-electron chi connectivity index (χ3n) is 4.81. The van der Waals surface area contributed by atoms with Gasteiger partial charge in [0.15, 0.2) is 5.96 Å². The molecule has 0 saturated heterocycles. The summed E-state index contributed by atoms with van der Waals surface area (Å²) in [5.74, 6) is 0.0513. The van der Waals surface area contributed by atoms with Crippen LogP contribution in [0, 0.1) is 0 Å². The van der Waals surface area contributed by atoms with Crippen LogP contribution in [0.15, 0.2) is 17.4 Å². The van der Waals surface area contributed by atoms with Crippen LogP contribution in [0.3, 0.4) is 0 Å². The number of hydrogen-bond donors (Lipinski definition) is 3. The molecule has 3 N–H and O–H groups in total. The molecular weight excluding hydrogens is 506 g/mol. The molecular formula is C17H29F3IN5OS. The van der Waals surface area contributed by atoms with Crippen LogP contribution in [0.2, 0.25) is 0 Å². The second-order valence-electron chi connectivity index (χ2n) is 6.74. The summed E-state index contributed by atoms with van der Waals surface area (Å²) >= 11 is 1.83. The Bertz CT molecular complexity index is 643. The minimum absolute atomic E-state index is 0. The molecule has 1 saturated carbocycles. The number of aliphatic imine (C=N–C) groups is 1. The van der Waals surface area contributed by atoms with Gasteiger partial charge in [-0.1, -0.05) is 0 Å². The van der Waals surface area contributed by atoms with Crippen LogP contribution in [0.5, 0.6) is 0 Å². The largest absolute Gasteiger partial charge is 0.424 e. The Hall–Kier alpha value is -0.690. The predicted molar refractivity (Wildman–Crippen MR) is 117 cm³/mol. The van der Waals surface area contributed by atoms with E-state index in [1.165, 1.54) is 24.0 Å². The molecule has 3 unspecified atom stereocenters. The zero-order valence-electron chi connectivity index (χ0n) is 16.3. The van der Waals surface area contributed by atoms with Crippen LogP contribution in [-0.2, 0) is 12.6 Å². The van der Waals surface area contributed by atoms with Gasteiger partial charge in [-0.05, 0) is 32.4 Å². The van der Waals surface area contributed by atoms with Crippen molar-refractivity contribution in [2.75, 3.05) is 19.3 Å². The summed E-state index contributed by atoms with van der Waals surface area (Å²) in [6.07, 6.45) is 2.39. The van der Waals surface area contributed by atoms with E-state index in [1.807, 2.05) is 18.7 Å². The predicted octanol–water partition coefficient (Wildman–Crippen LogP) is 3.02. The summed E-state index contributed by atoms with van der Waals surface area (Å²) in [4.78, 5) is 7.96. The number of nitrogens with one attached hydrogen (secondary N) is 2. The lowest BCUT2D eigenvalue weighted by Crippen LogP contribution is -2.46. The van der Waals surface area contributed by atoms with Crippen molar-refractivity contribution in [1.29, 1.82) is 0 Å². The lowest BCUT2D eigenvalue weighted by atomic mass is 9.98. The first-order valence-corrected chi connectivity index (χ1v) is 10.3. The first kappa shape index (κ1) is 25.3. The summed E-state index contributed by atoms with van der Waals surface area (Å²) in [6.45, 7) is 2.32. The summed E-state index contributed by atoms with van der Waals surface area (Å²) in [5, 5.41) is 17.3. The minimum atomic E-state index is -4.84. The van der Waals surface area contributed by atoms with Gasteiger partial charge in [0, 0.05) is 50.2 Å². The smallest absolute Gasteiger partial charge is 0.374 e. The van der Waals surface area contributed by atoms with E-state index in [2.05, 4.69) is 26.9 Å². The third-order valence-corrected chi connectivity index (χ3v) is 5.90. The quantitative estimate of drug-likeness (QED) is 0.285. The van der Waals surface area contributed by atoms with Gasteiger partial charge in [-0.2, -0.15) is 24.9 Å². The molecule has 1 fully saturated rings. The topological polar surface area (TPSA) is 74.5 Å². The lowest BCUT2D eigenvalue weighted by molar-refractivity contribution is -0.272. The van der Waals surface area contributed by atoms with Gasteiger partial charge < -0.3 is 20.3 Å². The van der Waals surface area contributed by atoms with Crippen LogP contribution in [-0.4, -0.2) is 57.4 Å². The van der Waals surface area contributed by atoms with E-state index in [1.54, 1.807) is 0 Å². The molecule has 1 heterocycles. The van der Waals surface area contributed by atoms with E-state index in [9.17, 15) is 18.3 Å². The van der Waals surface area contributed by atoms with Crippen LogP contribution in [0.4, 0.5) is 13.2 Å². The molecule has 0 spiro atoms. The van der Waals surface area contributed by atoms with Crippen molar-refractivity contribution in [3.63, 3.8) is 0 Å². The maximum Gasteiger partial charge on any atom is 0.424 e. The number of aryl methyl sites for hydroxylation is 1. The SMILES string of the molecule is CCNC(=NCCC(O)(c1nccn1C)C(F)(F)F)NC1CCC(SC)C1.I. The van der Waals surface area contributed by atoms with Gasteiger partial charge in [0.2, 0.25) is 5.60 Å². The maximum atomic E-state index is 13.5. The average molecular weight is 535 g/mol. The highest BCUT2D eigenvalue weighted by Crippen LogP contribution is 2.40. The highest BCUT2D eigenvalue weighted by molar-refractivity contribution is 14.0. The van der Waals surface area contributed by atoms with Crippen LogP contribution < -0.4 is 10.6 Å². The Morgan fingerprint density at radius 3 is 2.64 bits per heavy atom. The fraction of sp³-hybridized carbons (Fsp3) is 0.765. The first-order valence-electron chi connectivity index (χ1n) is 9.05. The number of guanidine groups is 1. The van der Waals surface area contributed by atoms with Crippen molar-refractivity contribution >= 4 is 41.7 Å². The molecule has 2 rings (SSSR count). The number of thioether (sulfide) groups is 1. The monoisotopic (exact) mass is 535 g/mol. The van der Waals surface area contributed by atoms with E-state index < -0.39 is 24.0 Å². The average Bonchev–Trinajstić information content (AvgIpc) is 3.22. The zero-order chi connectivity index (χ0) is 20.1. The highest BCUT2D eigenvalue weighted by Gasteiger charge is 2.57. The summed E-state index contributed by atoms with van der Waals surface area (Å²) in [7, 11) is 1.43. The van der Waals surface area contributed by atoms with E-state index in [0.29, 0.717) is 17.8 Å². The molecule has 6 nitrogen and oxygen atoms in total. The second kappa shape index (κ2) is 10.9. The van der Waals surface area contributed by atoms with Gasteiger partial charge >= 0.3 is 6.18 Å². The number of nitrogens with zero attached hydrogens (tertiary/aromatic N) is 3. The number of aromatic nitrogens is 2. The number of alkyl halides is 3. The van der Waals surface area contributed by atoms with E-state index in [4.69, 9.17) is 0 Å². The van der Waals surface area contributed by atoms with Crippen molar-refractivity contribution in [1.82, 2.24) is 20.2 Å². The van der Waals surface area contributed by atoms with E-state index >= 15 is 0 Å². The van der Waals surface area contributed by atoms with Gasteiger partial charge in [-0.3, -0.25) is 4.99 Å². The van der Waals surface area contributed by atoms with Gasteiger partial charge in [0.25, 0.3) is 0 Å². The van der Waals surface area contributed by atoms with Crippen molar-refractivity contribution in [3.8, 4) is 0 Å². The van der Waals surface area contributed by atoms with Crippen LogP contribution in [0.1, 0.15) is 38.4 Å². The van der Waals surface area contributed by atoms with Gasteiger partial charge in [-0.25, -0.2) is 4.98 Å². The Kier molecular flexibility index (Phi) is 9.87. The molecule has 1 aliphatic rings. The molecule has 28 heavy (non-hydrogen) atoms. The molecule has 162 valence electrons. The third kappa shape index (κ3) is 6.15. The number of aliphatic hydroxyl groups is 1. The van der Waals surface area contributed by atoms with Gasteiger partial charge in [0.05, 0.1) is 0 Å². The van der Waals surface area contributed by atoms with E-state index in [-0.39, 0.29) is 36.6 Å². The lowest BCUT2D eigenvalue weighted by Gasteiger charge is -2.29. The van der Waals surface area contributed by atoms with Crippen LogP contribution in [0.25, 0.3) is 0 Å². The molecule has 1 aliphatic carbocycles. The highest BCUT2D eigenvalue weighted by atomic mass is 127. The molecule has 3 atom stereocenters. The fourth-order valence-electron chi connectivity index (χ4n) is 3.27. The number of halogens is 4. The Morgan fingerprint density at radius 1 is 1.43 bits per heavy atom. The first-order chi connectivity index (χ1) is 12.7.